The first-order valence-electron chi connectivity index (χ1n) is 6.63. The van der Waals surface area contributed by atoms with Crippen LogP contribution in [0.3, 0.4) is 0 Å². The first-order chi connectivity index (χ1) is 10.2. The average Bonchev–Trinajstić information content (AvgIpc) is 2.54. The van der Waals surface area contributed by atoms with E-state index in [4.69, 9.17) is 44.8 Å². The molecule has 0 saturated heterocycles. The zero-order chi connectivity index (χ0) is 16.6. The van der Waals surface area contributed by atoms with Gasteiger partial charge in [-0.05, 0) is 0 Å². The minimum atomic E-state index is -0.125. The molecule has 0 saturated carbocycles. The van der Waals surface area contributed by atoms with E-state index in [1.165, 1.54) is 0 Å². The third kappa shape index (κ3) is 45.1. The molecule has 0 atom stereocenters. The largest absolute Gasteiger partial charge is 0.394 e. The monoisotopic (exact) mass is 318 g/mol. The Hall–Kier alpha value is -0.360. The maximum Gasteiger partial charge on any atom is 0.0701 e. The lowest BCUT2D eigenvalue weighted by Gasteiger charge is -2.04. The molecule has 9 heteroatoms. The topological polar surface area (TPSA) is 149 Å². The molecule has 0 spiro atoms. The van der Waals surface area contributed by atoms with E-state index in [9.17, 15) is 0 Å². The second-order valence-electron chi connectivity index (χ2n) is 3.18. The summed E-state index contributed by atoms with van der Waals surface area (Å²) in [6.07, 6.45) is 0. The van der Waals surface area contributed by atoms with Crippen LogP contribution in [-0.4, -0.2) is 110 Å². The summed E-state index contributed by atoms with van der Waals surface area (Å²) in [7, 11) is 0. The lowest BCUT2D eigenvalue weighted by atomic mass is 10.7. The van der Waals surface area contributed by atoms with Gasteiger partial charge in [0.2, 0.25) is 0 Å². The Kier molecular flexibility index (Phi) is 38.8. The predicted octanol–water partition coefficient (Wildman–Crippen LogP) is -3.04. The molecule has 0 heterocycles. The Balaban J connectivity index is -0.000000334. The molecule has 132 valence electrons. The van der Waals surface area contributed by atoms with E-state index in [-0.39, 0.29) is 39.6 Å². The number of aliphatic hydroxyl groups is 6. The van der Waals surface area contributed by atoms with Crippen LogP contribution in [0.1, 0.15) is 0 Å². The minimum Gasteiger partial charge on any atom is -0.394 e. The summed E-state index contributed by atoms with van der Waals surface area (Å²) in [5, 5.41) is 47.2. The van der Waals surface area contributed by atoms with Crippen molar-refractivity contribution in [2.75, 3.05) is 79.3 Å². The summed E-state index contributed by atoms with van der Waals surface area (Å²) >= 11 is 0. The molecule has 0 amide bonds. The quantitative estimate of drug-likeness (QED) is 0.206. The summed E-state index contributed by atoms with van der Waals surface area (Å²) in [6, 6.07) is 0. The van der Waals surface area contributed by atoms with E-state index in [0.29, 0.717) is 39.6 Å². The molecular weight excluding hydrogens is 288 g/mol. The van der Waals surface area contributed by atoms with Crippen molar-refractivity contribution in [1.82, 2.24) is 0 Å². The summed E-state index contributed by atoms with van der Waals surface area (Å²) < 4.78 is 15.0. The van der Waals surface area contributed by atoms with Gasteiger partial charge in [-0.3, -0.25) is 0 Å². The molecule has 0 aliphatic heterocycles. The van der Waals surface area contributed by atoms with Crippen LogP contribution in [0.15, 0.2) is 0 Å². The molecule has 0 aromatic rings. The molecule has 0 aliphatic rings. The molecule has 0 rings (SSSR count). The molecule has 0 fully saturated rings. The fourth-order valence-corrected chi connectivity index (χ4v) is 0.671. The van der Waals surface area contributed by atoms with Gasteiger partial charge in [-0.25, -0.2) is 0 Å². The van der Waals surface area contributed by atoms with Crippen molar-refractivity contribution in [2.45, 2.75) is 0 Å². The molecule has 0 unspecified atom stereocenters. The van der Waals surface area contributed by atoms with Crippen molar-refractivity contribution in [1.29, 1.82) is 0 Å². The maximum atomic E-state index is 8.36. The van der Waals surface area contributed by atoms with Crippen LogP contribution in [0.2, 0.25) is 0 Å². The highest BCUT2D eigenvalue weighted by Crippen LogP contribution is 1.80. The second-order valence-corrected chi connectivity index (χ2v) is 3.18. The average molecular weight is 318 g/mol. The molecule has 0 aromatic carbocycles. The van der Waals surface area contributed by atoms with Crippen LogP contribution < -0.4 is 0 Å². The number of ether oxygens (including phenoxy) is 3. The molecular formula is C12H30O9. The van der Waals surface area contributed by atoms with Gasteiger partial charge in [0.25, 0.3) is 0 Å². The number of hydrogen-bond acceptors (Lipinski definition) is 9. The van der Waals surface area contributed by atoms with Crippen molar-refractivity contribution < 1.29 is 44.8 Å². The van der Waals surface area contributed by atoms with Gasteiger partial charge < -0.3 is 44.8 Å². The molecule has 6 N–H and O–H groups in total. The highest BCUT2D eigenvalue weighted by atomic mass is 16.5. The van der Waals surface area contributed by atoms with Crippen molar-refractivity contribution in [3.05, 3.63) is 0 Å². The van der Waals surface area contributed by atoms with Gasteiger partial charge in [-0.2, -0.15) is 0 Å². The van der Waals surface area contributed by atoms with E-state index in [1.54, 1.807) is 0 Å². The highest BCUT2D eigenvalue weighted by molar-refractivity contribution is 4.33. The zero-order valence-electron chi connectivity index (χ0n) is 12.4. The number of hydrogen-bond donors (Lipinski definition) is 6. The van der Waals surface area contributed by atoms with Crippen molar-refractivity contribution in [3.8, 4) is 0 Å². The van der Waals surface area contributed by atoms with E-state index in [2.05, 4.69) is 0 Å². The van der Waals surface area contributed by atoms with Crippen LogP contribution in [0.5, 0.6) is 0 Å². The number of rotatable bonds is 12. The van der Waals surface area contributed by atoms with Gasteiger partial charge in [0.15, 0.2) is 0 Å². The Labute approximate surface area is 125 Å². The van der Waals surface area contributed by atoms with E-state index < -0.39 is 0 Å². The molecule has 0 bridgehead atoms. The second kappa shape index (κ2) is 31.8. The molecule has 9 nitrogen and oxygen atoms in total. The molecule has 0 aromatic heterocycles. The molecule has 0 radical (unpaired) electrons. The first kappa shape index (κ1) is 25.6. The van der Waals surface area contributed by atoms with Gasteiger partial charge in [0.05, 0.1) is 79.3 Å². The summed E-state index contributed by atoms with van der Waals surface area (Å²) in [5.74, 6) is 0. The molecule has 0 aliphatic carbocycles. The van der Waals surface area contributed by atoms with Gasteiger partial charge in [0, 0.05) is 0 Å². The standard InChI is InChI=1S/C8H18O5.2C2H6O2/c9-1-3-11-5-7-13-8-6-12-4-2-10;2*3-1-2-4/h9-10H,1-8H2;2*3-4H,1-2H2. The van der Waals surface area contributed by atoms with Crippen LogP contribution in [0.25, 0.3) is 0 Å². The highest BCUT2D eigenvalue weighted by Gasteiger charge is 1.89. The third-order valence-corrected chi connectivity index (χ3v) is 1.42. The van der Waals surface area contributed by atoms with Gasteiger partial charge >= 0.3 is 0 Å². The Bertz CT molecular complexity index is 120. The first-order valence-corrected chi connectivity index (χ1v) is 6.63. The number of aliphatic hydroxyl groups excluding tert-OH is 6. The summed E-state index contributed by atoms with van der Waals surface area (Å²) in [5.41, 5.74) is 0. The van der Waals surface area contributed by atoms with Crippen LogP contribution >= 0.6 is 0 Å². The smallest absolute Gasteiger partial charge is 0.0701 e. The normalized spacial score (nSPS) is 9.43. The summed E-state index contributed by atoms with van der Waals surface area (Å²) in [6.45, 7) is 2.26. The van der Waals surface area contributed by atoms with Crippen molar-refractivity contribution in [3.63, 3.8) is 0 Å². The van der Waals surface area contributed by atoms with Gasteiger partial charge in [-0.15, -0.1) is 0 Å². The fraction of sp³-hybridized carbons (Fsp3) is 1.00. The van der Waals surface area contributed by atoms with E-state index in [1.807, 2.05) is 0 Å². The zero-order valence-corrected chi connectivity index (χ0v) is 12.4. The molecule has 21 heavy (non-hydrogen) atoms. The Morgan fingerprint density at radius 1 is 0.333 bits per heavy atom. The van der Waals surface area contributed by atoms with Gasteiger partial charge in [0.1, 0.15) is 0 Å². The Morgan fingerprint density at radius 3 is 0.762 bits per heavy atom. The van der Waals surface area contributed by atoms with Crippen LogP contribution in [-0.2, 0) is 14.2 Å². The Morgan fingerprint density at radius 2 is 0.571 bits per heavy atom. The maximum absolute atomic E-state index is 8.36. The van der Waals surface area contributed by atoms with E-state index in [0.717, 1.165) is 0 Å². The summed E-state index contributed by atoms with van der Waals surface area (Å²) in [4.78, 5) is 0. The van der Waals surface area contributed by atoms with E-state index >= 15 is 0 Å². The SMILES string of the molecule is OCCO.OCCO.OCCOCCOCCOCCO. The van der Waals surface area contributed by atoms with Crippen LogP contribution in [0.4, 0.5) is 0 Å². The van der Waals surface area contributed by atoms with Crippen molar-refractivity contribution >= 4 is 0 Å². The lowest BCUT2D eigenvalue weighted by molar-refractivity contribution is 0.00230. The third-order valence-electron chi connectivity index (χ3n) is 1.42. The fourth-order valence-electron chi connectivity index (χ4n) is 0.671. The van der Waals surface area contributed by atoms with Crippen molar-refractivity contribution in [2.24, 2.45) is 0 Å². The van der Waals surface area contributed by atoms with Crippen LogP contribution in [0, 0.1) is 0 Å². The lowest BCUT2D eigenvalue weighted by Crippen LogP contribution is -2.11. The predicted molar refractivity (Wildman–Crippen MR) is 75.0 cm³/mol. The van der Waals surface area contributed by atoms with Gasteiger partial charge in [-0.1, -0.05) is 0 Å². The minimum absolute atomic E-state index is 0.0413.